The molecule has 0 saturated carbocycles. The van der Waals surface area contributed by atoms with Crippen LogP contribution in [0.15, 0.2) is 12.1 Å². The lowest BCUT2D eigenvalue weighted by Gasteiger charge is -2.03. The predicted molar refractivity (Wildman–Crippen MR) is 50.2 cm³/mol. The van der Waals surface area contributed by atoms with Gasteiger partial charge in [0.1, 0.15) is 0 Å². The zero-order valence-electron chi connectivity index (χ0n) is 7.76. The van der Waals surface area contributed by atoms with Crippen LogP contribution in [-0.4, -0.2) is 22.3 Å². The highest BCUT2D eigenvalue weighted by atomic mass is 16.6. The number of carbonyl (C=O) groups is 2. The molecule has 0 fully saturated rings. The second kappa shape index (κ2) is 3.87. The molecule has 1 aromatic rings. The van der Waals surface area contributed by atoms with Gasteiger partial charge in [-0.05, 0) is 19.1 Å². The van der Waals surface area contributed by atoms with Crippen molar-refractivity contribution in [3.63, 3.8) is 0 Å². The van der Waals surface area contributed by atoms with E-state index >= 15 is 0 Å². The second-order valence-corrected chi connectivity index (χ2v) is 2.86. The zero-order valence-corrected chi connectivity index (χ0v) is 7.76. The highest BCUT2D eigenvalue weighted by Crippen LogP contribution is 2.25. The van der Waals surface area contributed by atoms with Crippen molar-refractivity contribution in [2.24, 2.45) is 0 Å². The lowest BCUT2D eigenvalue weighted by molar-refractivity contribution is -0.385. The monoisotopic (exact) mass is 209 g/mol. The fourth-order valence-electron chi connectivity index (χ4n) is 1.29. The molecule has 0 unspecified atom stereocenters. The van der Waals surface area contributed by atoms with Crippen LogP contribution in [0.5, 0.6) is 0 Å². The maximum absolute atomic E-state index is 10.7. The molecule has 0 spiro atoms. The van der Waals surface area contributed by atoms with Gasteiger partial charge in [0.25, 0.3) is 5.69 Å². The van der Waals surface area contributed by atoms with Crippen LogP contribution in [0.2, 0.25) is 0 Å². The van der Waals surface area contributed by atoms with Crippen LogP contribution in [0.25, 0.3) is 0 Å². The van der Waals surface area contributed by atoms with Gasteiger partial charge in [-0.2, -0.15) is 0 Å². The molecule has 15 heavy (non-hydrogen) atoms. The average molecular weight is 209 g/mol. The third-order valence-corrected chi connectivity index (χ3v) is 2.00. The number of nitro benzene ring substituents is 1. The van der Waals surface area contributed by atoms with Gasteiger partial charge < -0.3 is 5.11 Å². The summed E-state index contributed by atoms with van der Waals surface area (Å²) in [6, 6.07) is 2.30. The molecule has 0 aliphatic carbocycles. The van der Waals surface area contributed by atoms with Gasteiger partial charge in [-0.15, -0.1) is 0 Å². The van der Waals surface area contributed by atoms with E-state index in [1.807, 2.05) is 0 Å². The van der Waals surface area contributed by atoms with Crippen LogP contribution >= 0.6 is 0 Å². The van der Waals surface area contributed by atoms with E-state index < -0.39 is 16.6 Å². The lowest BCUT2D eigenvalue weighted by Crippen LogP contribution is -2.05. The molecule has 0 aliphatic rings. The minimum absolute atomic E-state index is 0.0166. The van der Waals surface area contributed by atoms with Gasteiger partial charge in [0.2, 0.25) is 0 Å². The van der Waals surface area contributed by atoms with Gasteiger partial charge in [0.05, 0.1) is 16.1 Å². The Balaban J connectivity index is 3.56. The topological polar surface area (TPSA) is 97.5 Å². The van der Waals surface area contributed by atoms with Crippen LogP contribution in [0, 0.1) is 17.0 Å². The largest absolute Gasteiger partial charge is 0.478 e. The molecule has 1 rings (SSSR count). The van der Waals surface area contributed by atoms with E-state index in [-0.39, 0.29) is 16.7 Å². The van der Waals surface area contributed by atoms with Crippen molar-refractivity contribution in [2.75, 3.05) is 0 Å². The molecular weight excluding hydrogens is 202 g/mol. The van der Waals surface area contributed by atoms with Gasteiger partial charge in [-0.25, -0.2) is 4.79 Å². The Hall–Kier alpha value is -2.24. The number of hydrogen-bond acceptors (Lipinski definition) is 4. The van der Waals surface area contributed by atoms with Crippen molar-refractivity contribution < 1.29 is 19.6 Å². The van der Waals surface area contributed by atoms with Gasteiger partial charge in [0.15, 0.2) is 6.29 Å². The normalized spacial score (nSPS) is 9.67. The standard InChI is InChI=1S/C9H7NO5/c1-5-7(9(12)13)3-2-6(4-11)8(5)10(14)15/h2-4H,1H3,(H,12,13). The van der Waals surface area contributed by atoms with E-state index in [1.54, 1.807) is 0 Å². The van der Waals surface area contributed by atoms with Gasteiger partial charge in [-0.3, -0.25) is 14.9 Å². The smallest absolute Gasteiger partial charge is 0.336 e. The first-order valence-electron chi connectivity index (χ1n) is 3.95. The number of rotatable bonds is 3. The number of hydrogen-bond donors (Lipinski definition) is 1. The summed E-state index contributed by atoms with van der Waals surface area (Å²) in [5.74, 6) is -1.26. The number of aromatic carboxylic acids is 1. The summed E-state index contributed by atoms with van der Waals surface area (Å²) in [5.41, 5.74) is -0.767. The highest BCUT2D eigenvalue weighted by molar-refractivity contribution is 5.93. The molecule has 78 valence electrons. The second-order valence-electron chi connectivity index (χ2n) is 2.86. The van der Waals surface area contributed by atoms with Crippen molar-refractivity contribution in [3.05, 3.63) is 38.9 Å². The lowest BCUT2D eigenvalue weighted by atomic mass is 10.0. The van der Waals surface area contributed by atoms with Crippen molar-refractivity contribution in [1.82, 2.24) is 0 Å². The van der Waals surface area contributed by atoms with Crippen LogP contribution in [-0.2, 0) is 0 Å². The van der Waals surface area contributed by atoms with Crippen molar-refractivity contribution in [2.45, 2.75) is 6.92 Å². The van der Waals surface area contributed by atoms with Gasteiger partial charge in [-0.1, -0.05) is 0 Å². The quantitative estimate of drug-likeness (QED) is 0.461. The summed E-state index contributed by atoms with van der Waals surface area (Å²) in [4.78, 5) is 31.1. The maximum atomic E-state index is 10.7. The molecule has 0 saturated heterocycles. The molecule has 0 radical (unpaired) electrons. The van der Waals surface area contributed by atoms with E-state index in [2.05, 4.69) is 0 Å². The number of nitrogens with zero attached hydrogens (tertiary/aromatic N) is 1. The Morgan fingerprint density at radius 2 is 2.13 bits per heavy atom. The third kappa shape index (κ3) is 1.83. The van der Waals surface area contributed by atoms with E-state index in [1.165, 1.54) is 13.0 Å². The van der Waals surface area contributed by atoms with E-state index in [4.69, 9.17) is 5.11 Å². The number of nitro groups is 1. The molecule has 0 aliphatic heterocycles. The number of carboxylic acids is 1. The zero-order chi connectivity index (χ0) is 11.6. The van der Waals surface area contributed by atoms with Gasteiger partial charge >= 0.3 is 5.97 Å². The minimum Gasteiger partial charge on any atom is -0.478 e. The molecule has 6 heteroatoms. The first-order chi connectivity index (χ1) is 6.99. The number of aldehydes is 1. The molecule has 0 amide bonds. The third-order valence-electron chi connectivity index (χ3n) is 2.00. The summed E-state index contributed by atoms with van der Waals surface area (Å²) in [5, 5.41) is 19.4. The van der Waals surface area contributed by atoms with E-state index in [0.29, 0.717) is 6.29 Å². The van der Waals surface area contributed by atoms with Crippen molar-refractivity contribution in [3.8, 4) is 0 Å². The Kier molecular flexibility index (Phi) is 2.80. The number of carboxylic acid groups (broad SMARTS) is 1. The van der Waals surface area contributed by atoms with Crippen molar-refractivity contribution >= 4 is 17.9 Å². The molecule has 0 heterocycles. The van der Waals surface area contributed by atoms with Crippen LogP contribution in [0.3, 0.4) is 0 Å². The fraction of sp³-hybridized carbons (Fsp3) is 0.111. The summed E-state index contributed by atoms with van der Waals surface area (Å²) >= 11 is 0. The van der Waals surface area contributed by atoms with Gasteiger partial charge in [0, 0.05) is 5.56 Å². The Morgan fingerprint density at radius 1 is 1.53 bits per heavy atom. The van der Waals surface area contributed by atoms with Crippen LogP contribution in [0.4, 0.5) is 5.69 Å². The fourth-order valence-corrected chi connectivity index (χ4v) is 1.29. The van der Waals surface area contributed by atoms with Crippen molar-refractivity contribution in [1.29, 1.82) is 0 Å². The van der Waals surface area contributed by atoms with Crippen LogP contribution < -0.4 is 0 Å². The van der Waals surface area contributed by atoms with E-state index in [9.17, 15) is 19.7 Å². The maximum Gasteiger partial charge on any atom is 0.336 e. The molecule has 0 aromatic heterocycles. The van der Waals surface area contributed by atoms with Crippen LogP contribution in [0.1, 0.15) is 26.3 Å². The molecule has 1 aromatic carbocycles. The average Bonchev–Trinajstić information content (AvgIpc) is 2.15. The summed E-state index contributed by atoms with van der Waals surface area (Å²) < 4.78 is 0. The highest BCUT2D eigenvalue weighted by Gasteiger charge is 2.22. The first-order valence-corrected chi connectivity index (χ1v) is 3.95. The van der Waals surface area contributed by atoms with E-state index in [0.717, 1.165) is 6.07 Å². The number of carbonyl (C=O) groups excluding carboxylic acids is 1. The first kappa shape index (κ1) is 10.8. The Morgan fingerprint density at radius 3 is 2.53 bits per heavy atom. The SMILES string of the molecule is Cc1c(C(=O)O)ccc(C=O)c1[N+](=O)[O-]. The number of benzene rings is 1. The minimum atomic E-state index is -1.26. The predicted octanol–water partition coefficient (Wildman–Crippen LogP) is 1.41. The summed E-state index contributed by atoms with van der Waals surface area (Å²) in [6.07, 6.45) is 0.330. The molecular formula is C9H7NO5. The molecule has 0 bridgehead atoms. The molecule has 1 N–H and O–H groups in total. The molecule has 6 nitrogen and oxygen atoms in total. The summed E-state index contributed by atoms with van der Waals surface area (Å²) in [6.45, 7) is 1.30. The summed E-state index contributed by atoms with van der Waals surface area (Å²) in [7, 11) is 0. The Bertz CT molecular complexity index is 452. The molecule has 0 atom stereocenters. The Labute approximate surface area is 84.3 Å².